The minimum absolute atomic E-state index is 0.543. The Morgan fingerprint density at radius 3 is 2.56 bits per heavy atom. The molecule has 6 heteroatoms. The Morgan fingerprint density at radius 2 is 2.00 bits per heavy atom. The lowest BCUT2D eigenvalue weighted by atomic mass is 10.2. The summed E-state index contributed by atoms with van der Waals surface area (Å²) >= 11 is 0. The number of benzene rings is 1. The predicted octanol–water partition coefficient (Wildman–Crippen LogP) is 1.74. The van der Waals surface area contributed by atoms with Gasteiger partial charge in [-0.05, 0) is 12.1 Å². The average Bonchev–Trinajstić information content (AvgIpc) is 2.38. The van der Waals surface area contributed by atoms with E-state index in [0.717, 1.165) is 0 Å². The molecule has 0 saturated heterocycles. The summed E-state index contributed by atoms with van der Waals surface area (Å²) in [5.74, 6) is 1.26. The first-order valence-corrected chi connectivity index (χ1v) is 5.22. The van der Waals surface area contributed by atoms with Crippen molar-refractivity contribution < 1.29 is 19.1 Å². The third kappa shape index (κ3) is 3.65. The van der Waals surface area contributed by atoms with Crippen LogP contribution in [0.5, 0.6) is 11.5 Å². The Kier molecular flexibility index (Phi) is 4.98. The van der Waals surface area contributed by atoms with Crippen molar-refractivity contribution in [3.05, 3.63) is 23.8 Å². The van der Waals surface area contributed by atoms with Gasteiger partial charge in [0.05, 0.1) is 20.4 Å². The Labute approximate surface area is 106 Å². The number of ether oxygens (including phenoxy) is 2. The van der Waals surface area contributed by atoms with Crippen molar-refractivity contribution in [3.63, 3.8) is 0 Å². The van der Waals surface area contributed by atoms with E-state index in [-0.39, 0.29) is 0 Å². The molecule has 0 aliphatic heterocycles. The van der Waals surface area contributed by atoms with Crippen molar-refractivity contribution >= 4 is 12.3 Å². The van der Waals surface area contributed by atoms with Gasteiger partial charge < -0.3 is 14.4 Å². The van der Waals surface area contributed by atoms with Gasteiger partial charge in [-0.1, -0.05) is 5.16 Å². The number of carbonyl (C=O) groups excluding carboxylic acids is 1. The van der Waals surface area contributed by atoms with E-state index in [9.17, 15) is 4.79 Å². The number of hydrogen-bond donors (Lipinski definition) is 0. The van der Waals surface area contributed by atoms with E-state index in [1.165, 1.54) is 18.2 Å². The van der Waals surface area contributed by atoms with Crippen LogP contribution in [0, 0.1) is 0 Å². The summed E-state index contributed by atoms with van der Waals surface area (Å²) < 4.78 is 10.2. The predicted molar refractivity (Wildman–Crippen MR) is 67.3 cm³/mol. The van der Waals surface area contributed by atoms with Crippen LogP contribution in [0.4, 0.5) is 4.79 Å². The molecule has 0 fully saturated rings. The zero-order valence-corrected chi connectivity index (χ0v) is 10.8. The van der Waals surface area contributed by atoms with Crippen LogP contribution in [0.1, 0.15) is 5.56 Å². The van der Waals surface area contributed by atoms with Crippen LogP contribution in [0.2, 0.25) is 0 Å². The van der Waals surface area contributed by atoms with Crippen molar-refractivity contribution in [2.75, 3.05) is 28.3 Å². The molecule has 0 N–H and O–H groups in total. The van der Waals surface area contributed by atoms with Crippen LogP contribution in [0.15, 0.2) is 23.4 Å². The number of hydrogen-bond acceptors (Lipinski definition) is 5. The van der Waals surface area contributed by atoms with Crippen LogP contribution >= 0.6 is 0 Å². The molecule has 0 heterocycles. The molecule has 1 aromatic carbocycles. The molecule has 6 nitrogen and oxygen atoms in total. The minimum Gasteiger partial charge on any atom is -0.497 e. The van der Waals surface area contributed by atoms with E-state index in [1.54, 1.807) is 39.4 Å². The number of rotatable bonds is 4. The molecule has 98 valence electrons. The summed E-state index contributed by atoms with van der Waals surface area (Å²) in [6.07, 6.45) is 0.860. The molecule has 0 aromatic heterocycles. The molecule has 0 atom stereocenters. The monoisotopic (exact) mass is 252 g/mol. The van der Waals surface area contributed by atoms with E-state index in [2.05, 4.69) is 9.99 Å². The van der Waals surface area contributed by atoms with Crippen molar-refractivity contribution in [2.24, 2.45) is 5.16 Å². The molecule has 0 aliphatic carbocycles. The third-order valence-corrected chi connectivity index (χ3v) is 2.13. The lowest BCUT2D eigenvalue weighted by molar-refractivity contribution is 0.123. The smallest absolute Gasteiger partial charge is 0.435 e. The first-order chi connectivity index (χ1) is 8.58. The van der Waals surface area contributed by atoms with E-state index in [4.69, 9.17) is 9.47 Å². The highest BCUT2D eigenvalue weighted by molar-refractivity contribution is 5.84. The normalized spacial score (nSPS) is 10.2. The summed E-state index contributed by atoms with van der Waals surface area (Å²) in [4.78, 5) is 17.0. The highest BCUT2D eigenvalue weighted by Crippen LogP contribution is 2.23. The Morgan fingerprint density at radius 1 is 1.28 bits per heavy atom. The zero-order chi connectivity index (χ0) is 13.5. The van der Waals surface area contributed by atoms with Crippen molar-refractivity contribution in [1.29, 1.82) is 0 Å². The Hall–Kier alpha value is -2.24. The second kappa shape index (κ2) is 6.48. The Balaban J connectivity index is 2.78. The van der Waals surface area contributed by atoms with Crippen molar-refractivity contribution in [3.8, 4) is 11.5 Å². The fraction of sp³-hybridized carbons (Fsp3) is 0.333. The molecule has 0 radical (unpaired) electrons. The maximum Gasteiger partial charge on any atom is 0.435 e. The van der Waals surface area contributed by atoms with Crippen LogP contribution in [-0.4, -0.2) is 45.5 Å². The summed E-state index contributed by atoms with van der Waals surface area (Å²) in [6.45, 7) is 0. The summed E-state index contributed by atoms with van der Waals surface area (Å²) in [5, 5.41) is 3.59. The van der Waals surface area contributed by atoms with Crippen molar-refractivity contribution in [1.82, 2.24) is 4.90 Å². The second-order valence-corrected chi connectivity index (χ2v) is 3.59. The molecule has 0 bridgehead atoms. The molecule has 0 aliphatic rings. The maximum absolute atomic E-state index is 11.1. The Bertz CT molecular complexity index is 444. The van der Waals surface area contributed by atoms with Crippen LogP contribution in [0.3, 0.4) is 0 Å². The average molecular weight is 252 g/mol. The fourth-order valence-electron chi connectivity index (χ4n) is 1.13. The van der Waals surface area contributed by atoms with Gasteiger partial charge in [-0.25, -0.2) is 4.79 Å². The summed E-state index contributed by atoms with van der Waals surface area (Å²) in [7, 11) is 6.26. The van der Waals surface area contributed by atoms with E-state index in [0.29, 0.717) is 17.1 Å². The van der Waals surface area contributed by atoms with Gasteiger partial charge in [0.15, 0.2) is 0 Å². The third-order valence-electron chi connectivity index (χ3n) is 2.13. The van der Waals surface area contributed by atoms with Crippen LogP contribution in [-0.2, 0) is 4.84 Å². The molecule has 1 aromatic rings. The maximum atomic E-state index is 11.1. The van der Waals surface area contributed by atoms with Gasteiger partial charge in [-0.15, -0.1) is 0 Å². The fourth-order valence-corrected chi connectivity index (χ4v) is 1.13. The van der Waals surface area contributed by atoms with Gasteiger partial charge >= 0.3 is 6.09 Å². The van der Waals surface area contributed by atoms with Gasteiger partial charge in [0.1, 0.15) is 11.5 Å². The second-order valence-electron chi connectivity index (χ2n) is 3.59. The molecule has 1 amide bonds. The van der Waals surface area contributed by atoms with Gasteiger partial charge in [-0.2, -0.15) is 0 Å². The topological polar surface area (TPSA) is 60.4 Å². The summed E-state index contributed by atoms with van der Waals surface area (Å²) in [6, 6.07) is 5.23. The van der Waals surface area contributed by atoms with E-state index in [1.807, 2.05) is 0 Å². The SMILES string of the molecule is COc1ccc(/C=N/OC(=O)N(C)C)c(OC)c1. The van der Waals surface area contributed by atoms with Crippen LogP contribution in [0.25, 0.3) is 0 Å². The van der Waals surface area contributed by atoms with Gasteiger partial charge in [-0.3, -0.25) is 4.84 Å². The van der Waals surface area contributed by atoms with Crippen molar-refractivity contribution in [2.45, 2.75) is 0 Å². The largest absolute Gasteiger partial charge is 0.497 e. The van der Waals surface area contributed by atoms with E-state index >= 15 is 0 Å². The zero-order valence-electron chi connectivity index (χ0n) is 10.8. The first kappa shape index (κ1) is 13.8. The lowest BCUT2D eigenvalue weighted by Crippen LogP contribution is -2.20. The first-order valence-electron chi connectivity index (χ1n) is 5.22. The van der Waals surface area contributed by atoms with Gasteiger partial charge in [0, 0.05) is 25.7 Å². The minimum atomic E-state index is -0.543. The number of amides is 1. The summed E-state index contributed by atoms with van der Waals surface area (Å²) in [5.41, 5.74) is 0.685. The number of methoxy groups -OCH3 is 2. The molecule has 0 spiro atoms. The standard InChI is InChI=1S/C12H16N2O4/c1-14(2)12(15)18-13-8-9-5-6-10(16-3)7-11(9)17-4/h5-8H,1-4H3/b13-8+. The molecule has 18 heavy (non-hydrogen) atoms. The highest BCUT2D eigenvalue weighted by Gasteiger charge is 2.05. The number of oxime groups is 1. The number of nitrogens with zero attached hydrogens (tertiary/aromatic N) is 2. The number of carbonyl (C=O) groups is 1. The lowest BCUT2D eigenvalue weighted by Gasteiger charge is -2.07. The molecular formula is C12H16N2O4. The molecule has 1 rings (SSSR count). The van der Waals surface area contributed by atoms with Crippen LogP contribution < -0.4 is 9.47 Å². The van der Waals surface area contributed by atoms with E-state index < -0.39 is 6.09 Å². The molecule has 0 unspecified atom stereocenters. The quantitative estimate of drug-likeness (QED) is 0.465. The molecular weight excluding hydrogens is 236 g/mol. The highest BCUT2D eigenvalue weighted by atomic mass is 16.7. The van der Waals surface area contributed by atoms with Gasteiger partial charge in [0.2, 0.25) is 0 Å². The van der Waals surface area contributed by atoms with Gasteiger partial charge in [0.25, 0.3) is 0 Å². The molecule has 0 saturated carbocycles.